The lowest BCUT2D eigenvalue weighted by molar-refractivity contribution is -0.255. The fourth-order valence-corrected chi connectivity index (χ4v) is 1.57. The molecule has 2 aromatic rings. The number of ether oxygens (including phenoxy) is 2. The third-order valence-corrected chi connectivity index (χ3v) is 2.54. The van der Waals surface area contributed by atoms with Crippen molar-refractivity contribution in [1.29, 1.82) is 0 Å². The van der Waals surface area contributed by atoms with Crippen LogP contribution >= 0.6 is 0 Å². The van der Waals surface area contributed by atoms with Gasteiger partial charge in [0.2, 0.25) is 23.4 Å². The molecule has 2 aromatic heterocycles. The number of carbonyl (C=O) groups excluding carboxylic acids is 2. The van der Waals surface area contributed by atoms with Crippen molar-refractivity contribution < 1.29 is 24.2 Å². The van der Waals surface area contributed by atoms with Gasteiger partial charge in [0, 0.05) is 11.8 Å². The number of methoxy groups -OCH3 is 2. The minimum Gasteiger partial charge on any atom is -0.545 e. The zero-order valence-electron chi connectivity index (χ0n) is 11.2. The molecule has 0 fully saturated rings. The van der Waals surface area contributed by atoms with Crippen LogP contribution in [0, 0.1) is 0 Å². The van der Waals surface area contributed by atoms with Crippen LogP contribution in [0.5, 0.6) is 11.8 Å². The highest BCUT2D eigenvalue weighted by molar-refractivity contribution is 6.10. The molecule has 8 heteroatoms. The van der Waals surface area contributed by atoms with Crippen molar-refractivity contribution >= 4 is 11.8 Å². The van der Waals surface area contributed by atoms with E-state index in [1.54, 1.807) is 0 Å². The van der Waals surface area contributed by atoms with Crippen LogP contribution in [0.15, 0.2) is 24.4 Å². The van der Waals surface area contributed by atoms with Crippen LogP contribution in [0.25, 0.3) is 0 Å². The first-order chi connectivity index (χ1) is 10.1. The van der Waals surface area contributed by atoms with Crippen LogP contribution in [0.4, 0.5) is 0 Å². The van der Waals surface area contributed by atoms with Crippen molar-refractivity contribution in [2.24, 2.45) is 0 Å². The number of aromatic carboxylic acids is 1. The maximum Gasteiger partial charge on any atom is 0.249 e. The Labute approximate surface area is 119 Å². The van der Waals surface area contributed by atoms with E-state index in [4.69, 9.17) is 9.47 Å². The lowest BCUT2D eigenvalue weighted by atomic mass is 10.1. The van der Waals surface area contributed by atoms with Gasteiger partial charge < -0.3 is 19.4 Å². The SMILES string of the molecule is COc1cc(OC)nc(C(=O)c2ncccc2C(=O)[O-])n1. The van der Waals surface area contributed by atoms with Crippen LogP contribution in [0.3, 0.4) is 0 Å². The molecular formula is C13H10N3O5-. The summed E-state index contributed by atoms with van der Waals surface area (Å²) >= 11 is 0. The lowest BCUT2D eigenvalue weighted by Gasteiger charge is -2.09. The Morgan fingerprint density at radius 2 is 1.76 bits per heavy atom. The zero-order chi connectivity index (χ0) is 15.4. The summed E-state index contributed by atoms with van der Waals surface area (Å²) in [7, 11) is 2.73. The van der Waals surface area contributed by atoms with Gasteiger partial charge in [-0.1, -0.05) is 0 Å². The number of rotatable bonds is 5. The molecule has 0 bridgehead atoms. The number of carbonyl (C=O) groups is 2. The summed E-state index contributed by atoms with van der Waals surface area (Å²) in [5.74, 6) is -2.35. The Kier molecular flexibility index (Phi) is 4.07. The Morgan fingerprint density at radius 3 is 2.29 bits per heavy atom. The van der Waals surface area contributed by atoms with E-state index in [1.807, 2.05) is 0 Å². The van der Waals surface area contributed by atoms with Gasteiger partial charge in [0.05, 0.1) is 26.3 Å². The molecule has 2 rings (SSSR count). The first-order valence-electron chi connectivity index (χ1n) is 5.75. The molecule has 0 aliphatic rings. The first kappa shape index (κ1) is 14.4. The molecule has 0 spiro atoms. The van der Waals surface area contributed by atoms with Gasteiger partial charge in [-0.05, 0) is 12.1 Å². The quantitative estimate of drug-likeness (QED) is 0.675. The molecule has 0 saturated carbocycles. The molecule has 0 saturated heterocycles. The molecular weight excluding hydrogens is 278 g/mol. The molecule has 21 heavy (non-hydrogen) atoms. The third kappa shape index (κ3) is 2.94. The molecule has 0 amide bonds. The molecule has 8 nitrogen and oxygen atoms in total. The molecule has 108 valence electrons. The topological polar surface area (TPSA) is 114 Å². The molecule has 0 radical (unpaired) electrons. The lowest BCUT2D eigenvalue weighted by Crippen LogP contribution is -2.26. The minimum atomic E-state index is -1.51. The molecule has 0 aliphatic carbocycles. The summed E-state index contributed by atoms with van der Waals surface area (Å²) in [6.07, 6.45) is 1.29. The molecule has 0 aromatic carbocycles. The van der Waals surface area contributed by atoms with Crippen molar-refractivity contribution in [3.8, 4) is 11.8 Å². The number of hydrogen-bond donors (Lipinski definition) is 0. The van der Waals surface area contributed by atoms with Crippen LogP contribution < -0.4 is 14.6 Å². The largest absolute Gasteiger partial charge is 0.545 e. The van der Waals surface area contributed by atoms with Crippen molar-refractivity contribution in [2.75, 3.05) is 14.2 Å². The van der Waals surface area contributed by atoms with Crippen molar-refractivity contribution in [3.63, 3.8) is 0 Å². The number of ketones is 1. The maximum atomic E-state index is 12.3. The number of hydrogen-bond acceptors (Lipinski definition) is 8. The zero-order valence-corrected chi connectivity index (χ0v) is 11.2. The van der Waals surface area contributed by atoms with E-state index in [-0.39, 0.29) is 28.8 Å². The normalized spacial score (nSPS) is 10.0. The fourth-order valence-electron chi connectivity index (χ4n) is 1.57. The summed E-state index contributed by atoms with van der Waals surface area (Å²) in [5, 5.41) is 11.0. The Morgan fingerprint density at radius 1 is 1.14 bits per heavy atom. The predicted molar refractivity (Wildman–Crippen MR) is 67.1 cm³/mol. The summed E-state index contributed by atoms with van der Waals surface area (Å²) in [4.78, 5) is 34.8. The predicted octanol–water partition coefficient (Wildman–Crippen LogP) is -0.517. The standard InChI is InChI=1S/C13H11N3O5/c1-20-8-6-9(21-2)16-12(15-8)11(17)10-7(13(18)19)4-3-5-14-10/h3-6H,1-2H3,(H,18,19)/p-1. The molecule has 0 atom stereocenters. The second kappa shape index (κ2) is 5.95. The van der Waals surface area contributed by atoms with Gasteiger partial charge in [-0.25, -0.2) is 0 Å². The Balaban J connectivity index is 2.52. The highest BCUT2D eigenvalue weighted by Crippen LogP contribution is 2.17. The number of carboxylic acid groups (broad SMARTS) is 1. The number of pyridine rings is 1. The number of carboxylic acids is 1. The summed E-state index contributed by atoms with van der Waals surface area (Å²) in [6.45, 7) is 0. The van der Waals surface area contributed by atoms with E-state index in [2.05, 4.69) is 15.0 Å². The highest BCUT2D eigenvalue weighted by atomic mass is 16.5. The van der Waals surface area contributed by atoms with Gasteiger partial charge in [-0.3, -0.25) is 9.78 Å². The number of nitrogens with zero attached hydrogens (tertiary/aromatic N) is 3. The van der Waals surface area contributed by atoms with E-state index in [1.165, 1.54) is 38.6 Å². The second-order valence-corrected chi connectivity index (χ2v) is 3.79. The van der Waals surface area contributed by atoms with E-state index < -0.39 is 11.8 Å². The molecule has 0 aliphatic heterocycles. The van der Waals surface area contributed by atoms with Crippen molar-refractivity contribution in [2.45, 2.75) is 0 Å². The van der Waals surface area contributed by atoms with E-state index in [0.29, 0.717) is 0 Å². The Hall–Kier alpha value is -3.03. The van der Waals surface area contributed by atoms with Gasteiger partial charge >= 0.3 is 0 Å². The van der Waals surface area contributed by atoms with Crippen LogP contribution in [0.2, 0.25) is 0 Å². The summed E-state index contributed by atoms with van der Waals surface area (Å²) in [5.41, 5.74) is -0.652. The molecule has 2 heterocycles. The first-order valence-corrected chi connectivity index (χ1v) is 5.75. The molecule has 0 unspecified atom stereocenters. The van der Waals surface area contributed by atoms with Gasteiger partial charge in [0.15, 0.2) is 0 Å². The average Bonchev–Trinajstić information content (AvgIpc) is 2.53. The van der Waals surface area contributed by atoms with Crippen LogP contribution in [-0.2, 0) is 0 Å². The smallest absolute Gasteiger partial charge is 0.249 e. The summed E-state index contributed by atoms with van der Waals surface area (Å²) < 4.78 is 9.86. The van der Waals surface area contributed by atoms with Gasteiger partial charge in [0.1, 0.15) is 5.69 Å². The monoisotopic (exact) mass is 288 g/mol. The second-order valence-electron chi connectivity index (χ2n) is 3.79. The van der Waals surface area contributed by atoms with Crippen molar-refractivity contribution in [3.05, 3.63) is 41.5 Å². The highest BCUT2D eigenvalue weighted by Gasteiger charge is 2.20. The maximum absolute atomic E-state index is 12.3. The van der Waals surface area contributed by atoms with Gasteiger partial charge in [-0.2, -0.15) is 9.97 Å². The third-order valence-electron chi connectivity index (χ3n) is 2.54. The van der Waals surface area contributed by atoms with Crippen LogP contribution in [0.1, 0.15) is 26.7 Å². The Bertz CT molecular complexity index is 680. The van der Waals surface area contributed by atoms with Gasteiger partial charge in [0.25, 0.3) is 0 Å². The van der Waals surface area contributed by atoms with Crippen LogP contribution in [-0.4, -0.2) is 40.9 Å². The fraction of sp³-hybridized carbons (Fsp3) is 0.154. The number of aromatic nitrogens is 3. The van der Waals surface area contributed by atoms with Gasteiger partial charge in [-0.15, -0.1) is 0 Å². The summed E-state index contributed by atoms with van der Waals surface area (Å²) in [6, 6.07) is 3.98. The average molecular weight is 288 g/mol. The van der Waals surface area contributed by atoms with E-state index in [9.17, 15) is 14.7 Å². The van der Waals surface area contributed by atoms with Crippen molar-refractivity contribution in [1.82, 2.24) is 15.0 Å². The van der Waals surface area contributed by atoms with E-state index >= 15 is 0 Å². The van der Waals surface area contributed by atoms with E-state index in [0.717, 1.165) is 0 Å². The molecule has 0 N–H and O–H groups in total. The minimum absolute atomic E-state index is 0.108.